The maximum absolute atomic E-state index is 12.6. The summed E-state index contributed by atoms with van der Waals surface area (Å²) in [5.74, 6) is 0.275. The number of carbonyl (C=O) groups is 1. The van der Waals surface area contributed by atoms with Crippen LogP contribution in [0.1, 0.15) is 24.4 Å². The number of rotatable bonds is 6. The molecule has 5 rings (SSSR count). The molecule has 1 fully saturated rings. The number of fused-ring (bicyclic) bond motifs is 1. The predicted octanol–water partition coefficient (Wildman–Crippen LogP) is 3.52. The molecular formula is C24H24ClN7O4S. The fourth-order valence-corrected chi connectivity index (χ4v) is 5.58. The summed E-state index contributed by atoms with van der Waals surface area (Å²) in [6.07, 6.45) is 1.89. The van der Waals surface area contributed by atoms with E-state index in [-0.39, 0.29) is 23.3 Å². The van der Waals surface area contributed by atoms with E-state index in [0.29, 0.717) is 34.8 Å². The number of nitrogens with zero attached hydrogens (tertiary/aromatic N) is 5. The van der Waals surface area contributed by atoms with Gasteiger partial charge in [0.25, 0.3) is 0 Å². The van der Waals surface area contributed by atoms with Crippen LogP contribution in [-0.2, 0) is 16.6 Å². The summed E-state index contributed by atoms with van der Waals surface area (Å²) in [5.41, 5.74) is 8.83. The fraction of sp³-hybridized carbons (Fsp3) is 0.250. The third-order valence-corrected chi connectivity index (χ3v) is 8.02. The molecule has 0 unspecified atom stereocenters. The number of amides is 1. The van der Waals surface area contributed by atoms with E-state index in [1.807, 2.05) is 12.1 Å². The van der Waals surface area contributed by atoms with Gasteiger partial charge in [-0.25, -0.2) is 32.6 Å². The van der Waals surface area contributed by atoms with Gasteiger partial charge < -0.3 is 15.7 Å². The van der Waals surface area contributed by atoms with Crippen molar-refractivity contribution >= 4 is 44.6 Å². The van der Waals surface area contributed by atoms with E-state index in [2.05, 4.69) is 14.7 Å². The minimum absolute atomic E-state index is 0.0960. The lowest BCUT2D eigenvalue weighted by atomic mass is 10.1. The Morgan fingerprint density at radius 2 is 1.86 bits per heavy atom. The molecule has 0 aliphatic carbocycles. The number of anilines is 1. The lowest BCUT2D eigenvalue weighted by molar-refractivity contribution is 0.120. The second kappa shape index (κ2) is 9.96. The maximum Gasteiger partial charge on any atom is 0.407 e. The van der Waals surface area contributed by atoms with Crippen molar-refractivity contribution in [3.8, 4) is 11.3 Å². The number of nitrogens with one attached hydrogen (secondary N) is 1. The van der Waals surface area contributed by atoms with Crippen LogP contribution >= 0.6 is 11.6 Å². The molecule has 1 saturated heterocycles. The number of sulfonamides is 1. The lowest BCUT2D eigenvalue weighted by Gasteiger charge is -2.30. The second-order valence-electron chi connectivity index (χ2n) is 8.75. The van der Waals surface area contributed by atoms with Gasteiger partial charge in [0.15, 0.2) is 5.65 Å². The molecule has 2 aromatic heterocycles. The number of piperidine rings is 1. The number of likely N-dealkylation sites (tertiary alicyclic amines) is 1. The van der Waals surface area contributed by atoms with Crippen LogP contribution in [0.5, 0.6) is 0 Å². The summed E-state index contributed by atoms with van der Waals surface area (Å²) >= 11 is 5.85. The summed E-state index contributed by atoms with van der Waals surface area (Å²) in [6, 6.07) is 13.0. The molecule has 2 aromatic carbocycles. The Labute approximate surface area is 217 Å². The first kappa shape index (κ1) is 24.9. The Kier molecular flexibility index (Phi) is 6.71. The summed E-state index contributed by atoms with van der Waals surface area (Å²) in [7, 11) is -3.69. The molecule has 11 nitrogen and oxygen atoms in total. The van der Waals surface area contributed by atoms with E-state index in [4.69, 9.17) is 22.4 Å². The van der Waals surface area contributed by atoms with E-state index in [1.165, 1.54) is 35.5 Å². The smallest absolute Gasteiger partial charge is 0.407 e. The number of halogens is 1. The Hall–Kier alpha value is -3.74. The monoisotopic (exact) mass is 541 g/mol. The molecule has 1 atom stereocenters. The van der Waals surface area contributed by atoms with Crippen molar-refractivity contribution in [2.24, 2.45) is 0 Å². The number of aromatic nitrogens is 4. The quantitative estimate of drug-likeness (QED) is 0.334. The molecule has 13 heteroatoms. The van der Waals surface area contributed by atoms with Crippen LogP contribution < -0.4 is 10.5 Å². The predicted molar refractivity (Wildman–Crippen MR) is 139 cm³/mol. The number of carboxylic acid groups (broad SMARTS) is 1. The van der Waals surface area contributed by atoms with Gasteiger partial charge in [0.05, 0.1) is 16.3 Å². The first-order valence-electron chi connectivity index (χ1n) is 11.5. The van der Waals surface area contributed by atoms with Crippen molar-refractivity contribution < 1.29 is 18.3 Å². The Morgan fingerprint density at radius 3 is 2.57 bits per heavy atom. The van der Waals surface area contributed by atoms with Crippen LogP contribution in [0, 0.1) is 0 Å². The summed E-state index contributed by atoms with van der Waals surface area (Å²) in [5, 5.41) is 15.3. The topological polar surface area (TPSA) is 156 Å². The third-order valence-electron chi connectivity index (χ3n) is 6.35. The first-order chi connectivity index (χ1) is 17.7. The Morgan fingerprint density at radius 1 is 1.14 bits per heavy atom. The molecule has 37 heavy (non-hydrogen) atoms. The fourth-order valence-electron chi connectivity index (χ4n) is 4.44. The van der Waals surface area contributed by atoms with Crippen LogP contribution in [-0.4, -0.2) is 57.4 Å². The number of hydrogen-bond acceptors (Lipinski definition) is 7. The van der Waals surface area contributed by atoms with E-state index in [9.17, 15) is 18.3 Å². The van der Waals surface area contributed by atoms with Crippen LogP contribution in [0.3, 0.4) is 0 Å². The zero-order chi connectivity index (χ0) is 26.2. The van der Waals surface area contributed by atoms with Crippen molar-refractivity contribution in [3.05, 3.63) is 65.4 Å². The zero-order valence-corrected chi connectivity index (χ0v) is 21.2. The van der Waals surface area contributed by atoms with Crippen molar-refractivity contribution in [1.29, 1.82) is 0 Å². The number of nitrogen functional groups attached to an aromatic ring is 1. The summed E-state index contributed by atoms with van der Waals surface area (Å²) in [4.78, 5) is 21.6. The molecule has 4 N–H and O–H groups in total. The SMILES string of the molecule is Nc1ncnc2c1c(-c1ccc(CNS(=O)(=O)c3ccc(Cl)cc3)cc1)nn2[C@@H]1CCCN(C(=O)O)C1. The van der Waals surface area contributed by atoms with Gasteiger partial charge in [-0.05, 0) is 42.7 Å². The molecule has 0 saturated carbocycles. The minimum atomic E-state index is -3.69. The average Bonchev–Trinajstić information content (AvgIpc) is 3.29. The third kappa shape index (κ3) is 5.08. The molecule has 1 aliphatic rings. The van der Waals surface area contributed by atoms with Crippen LogP contribution in [0.15, 0.2) is 59.8 Å². The summed E-state index contributed by atoms with van der Waals surface area (Å²) < 4.78 is 29.5. The standard InChI is InChI=1S/C24H24ClN7O4S/c25-17-7-9-19(10-8-17)37(35,36)29-12-15-3-5-16(6-4-15)21-20-22(26)27-14-28-23(20)32(30-21)18-2-1-11-31(13-18)24(33)34/h3-10,14,18,29H,1-2,11-13H2,(H,33,34)(H2,26,27,28)/t18-/m1/s1. The molecule has 192 valence electrons. The molecule has 3 heterocycles. The Balaban J connectivity index is 1.41. The molecule has 1 aliphatic heterocycles. The van der Waals surface area contributed by atoms with Gasteiger partial charge in [0, 0.05) is 30.2 Å². The number of benzene rings is 2. The van der Waals surface area contributed by atoms with Gasteiger partial charge in [-0.15, -0.1) is 0 Å². The largest absolute Gasteiger partial charge is 0.465 e. The van der Waals surface area contributed by atoms with Crippen molar-refractivity contribution in [1.82, 2.24) is 29.4 Å². The minimum Gasteiger partial charge on any atom is -0.465 e. The highest BCUT2D eigenvalue weighted by Gasteiger charge is 2.28. The number of hydrogen-bond donors (Lipinski definition) is 3. The number of nitrogens with two attached hydrogens (primary N) is 1. The Bertz CT molecular complexity index is 1560. The second-order valence-corrected chi connectivity index (χ2v) is 11.0. The van der Waals surface area contributed by atoms with Gasteiger partial charge in [0.1, 0.15) is 17.8 Å². The highest BCUT2D eigenvalue weighted by atomic mass is 35.5. The molecule has 0 radical (unpaired) electrons. The van der Waals surface area contributed by atoms with Gasteiger partial charge >= 0.3 is 6.09 Å². The maximum atomic E-state index is 12.6. The van der Waals surface area contributed by atoms with Crippen LogP contribution in [0.25, 0.3) is 22.3 Å². The lowest BCUT2D eigenvalue weighted by Crippen LogP contribution is -2.40. The zero-order valence-electron chi connectivity index (χ0n) is 19.6. The molecule has 1 amide bonds. The molecule has 4 aromatic rings. The van der Waals surface area contributed by atoms with Gasteiger partial charge in [-0.1, -0.05) is 35.9 Å². The van der Waals surface area contributed by atoms with Gasteiger partial charge in [-0.3, -0.25) is 0 Å². The van der Waals surface area contributed by atoms with Gasteiger partial charge in [-0.2, -0.15) is 5.10 Å². The highest BCUT2D eigenvalue weighted by molar-refractivity contribution is 7.89. The van der Waals surface area contributed by atoms with E-state index >= 15 is 0 Å². The van der Waals surface area contributed by atoms with Crippen molar-refractivity contribution in [2.75, 3.05) is 18.8 Å². The molecule has 0 bridgehead atoms. The van der Waals surface area contributed by atoms with E-state index in [1.54, 1.807) is 16.8 Å². The van der Waals surface area contributed by atoms with Gasteiger partial charge in [0.2, 0.25) is 10.0 Å². The summed E-state index contributed by atoms with van der Waals surface area (Å²) in [6.45, 7) is 0.888. The first-order valence-corrected chi connectivity index (χ1v) is 13.4. The molecular weight excluding hydrogens is 518 g/mol. The van der Waals surface area contributed by atoms with Crippen molar-refractivity contribution in [2.45, 2.75) is 30.3 Å². The van der Waals surface area contributed by atoms with E-state index < -0.39 is 16.1 Å². The average molecular weight is 542 g/mol. The normalized spacial score (nSPS) is 16.2. The van der Waals surface area contributed by atoms with Crippen LogP contribution in [0.4, 0.5) is 10.6 Å². The molecule has 0 spiro atoms. The van der Waals surface area contributed by atoms with E-state index in [0.717, 1.165) is 24.0 Å². The highest BCUT2D eigenvalue weighted by Crippen LogP contribution is 2.33. The van der Waals surface area contributed by atoms with Crippen LogP contribution in [0.2, 0.25) is 5.02 Å². The van der Waals surface area contributed by atoms with Crippen molar-refractivity contribution in [3.63, 3.8) is 0 Å².